The summed E-state index contributed by atoms with van der Waals surface area (Å²) in [6, 6.07) is 12.8. The number of rotatable bonds is 2. The second-order valence-electron chi connectivity index (χ2n) is 7.00. The fourth-order valence-corrected chi connectivity index (χ4v) is 4.47. The van der Waals surface area contributed by atoms with E-state index in [-0.39, 0.29) is 10.8 Å². The lowest BCUT2D eigenvalue weighted by Gasteiger charge is -2.45. The predicted octanol–water partition coefficient (Wildman–Crippen LogP) is 4.21. The summed E-state index contributed by atoms with van der Waals surface area (Å²) in [7, 11) is 0. The number of para-hydroxylation sites is 1. The lowest BCUT2D eigenvalue weighted by atomic mass is 9.63. The fourth-order valence-electron chi connectivity index (χ4n) is 4.47. The van der Waals surface area contributed by atoms with E-state index >= 15 is 0 Å². The lowest BCUT2D eigenvalue weighted by molar-refractivity contribution is 0.118. The molecular weight excluding hydrogens is 232 g/mol. The second-order valence-corrected chi connectivity index (χ2v) is 7.00. The van der Waals surface area contributed by atoms with Gasteiger partial charge in [0, 0.05) is 11.1 Å². The van der Waals surface area contributed by atoms with Gasteiger partial charge in [-0.3, -0.25) is 0 Å². The highest BCUT2D eigenvalue weighted by molar-refractivity contribution is 5.51. The molecule has 2 aliphatic carbocycles. The second kappa shape index (κ2) is 3.76. The molecule has 100 valence electrons. The van der Waals surface area contributed by atoms with Gasteiger partial charge in [-0.2, -0.15) is 5.26 Å². The van der Waals surface area contributed by atoms with Crippen molar-refractivity contribution in [2.45, 2.75) is 45.6 Å². The first kappa shape index (κ1) is 12.5. The van der Waals surface area contributed by atoms with Gasteiger partial charge in [-0.25, -0.2) is 0 Å². The molecule has 0 aliphatic heterocycles. The van der Waals surface area contributed by atoms with Crippen LogP contribution in [0.15, 0.2) is 30.3 Å². The Hall–Kier alpha value is -1.49. The summed E-state index contributed by atoms with van der Waals surface area (Å²) in [6.45, 7) is 6.99. The smallest absolute Gasteiger partial charge is 0.131 e. The molecule has 0 spiro atoms. The summed E-state index contributed by atoms with van der Waals surface area (Å²) in [4.78, 5) is 0. The van der Waals surface area contributed by atoms with E-state index in [1.54, 1.807) is 0 Å². The highest BCUT2D eigenvalue weighted by Gasteiger charge is 2.69. The van der Waals surface area contributed by atoms with Crippen molar-refractivity contribution in [2.24, 2.45) is 16.7 Å². The Morgan fingerprint density at radius 2 is 1.89 bits per heavy atom. The van der Waals surface area contributed by atoms with Crippen LogP contribution in [0.3, 0.4) is 0 Å². The third-order valence-corrected chi connectivity index (χ3v) is 6.25. The molecule has 1 N–H and O–H groups in total. The zero-order valence-electron chi connectivity index (χ0n) is 12.0. The van der Waals surface area contributed by atoms with E-state index in [4.69, 9.17) is 0 Å². The normalized spacial score (nSPS) is 38.9. The molecule has 2 aliphatic rings. The number of fused-ring (bicyclic) bond motifs is 2. The number of hydrogen-bond acceptors (Lipinski definition) is 2. The average Bonchev–Trinajstić information content (AvgIpc) is 2.72. The molecule has 0 amide bonds. The fraction of sp³-hybridized carbons (Fsp3) is 0.588. The van der Waals surface area contributed by atoms with Gasteiger partial charge in [0.05, 0.1) is 6.07 Å². The van der Waals surface area contributed by atoms with Crippen molar-refractivity contribution >= 4 is 5.69 Å². The molecule has 0 unspecified atom stereocenters. The van der Waals surface area contributed by atoms with Crippen LogP contribution in [0.4, 0.5) is 5.69 Å². The van der Waals surface area contributed by atoms with Gasteiger partial charge in [-0.1, -0.05) is 39.0 Å². The highest BCUT2D eigenvalue weighted by atomic mass is 15.0. The van der Waals surface area contributed by atoms with Crippen LogP contribution in [0.5, 0.6) is 0 Å². The van der Waals surface area contributed by atoms with Crippen LogP contribution in [0.1, 0.15) is 40.0 Å². The molecule has 0 radical (unpaired) electrons. The molecule has 2 saturated carbocycles. The number of nitrogens with one attached hydrogen (secondary N) is 1. The van der Waals surface area contributed by atoms with E-state index in [0.717, 1.165) is 18.5 Å². The van der Waals surface area contributed by atoms with Crippen molar-refractivity contribution in [3.8, 4) is 6.07 Å². The molecule has 0 aromatic heterocycles. The summed E-state index contributed by atoms with van der Waals surface area (Å²) in [5.41, 5.74) is 0.939. The van der Waals surface area contributed by atoms with Crippen LogP contribution in [0.25, 0.3) is 0 Å². The highest BCUT2D eigenvalue weighted by Crippen LogP contribution is 2.70. The van der Waals surface area contributed by atoms with Crippen LogP contribution in [-0.4, -0.2) is 5.54 Å². The quantitative estimate of drug-likeness (QED) is 0.858. The number of hydrogen-bond donors (Lipinski definition) is 1. The third kappa shape index (κ3) is 1.42. The minimum atomic E-state index is -0.416. The van der Waals surface area contributed by atoms with Crippen LogP contribution in [-0.2, 0) is 0 Å². The molecular formula is C17H22N2. The van der Waals surface area contributed by atoms with Crippen molar-refractivity contribution in [1.82, 2.24) is 0 Å². The van der Waals surface area contributed by atoms with Gasteiger partial charge in [0.1, 0.15) is 5.54 Å². The first-order valence-corrected chi connectivity index (χ1v) is 7.20. The van der Waals surface area contributed by atoms with E-state index in [2.05, 4.69) is 44.3 Å². The Labute approximate surface area is 115 Å². The molecule has 3 rings (SSSR count). The van der Waals surface area contributed by atoms with Gasteiger partial charge in [0.15, 0.2) is 0 Å². The Balaban J connectivity index is 2.01. The number of anilines is 1. The van der Waals surface area contributed by atoms with Gasteiger partial charge in [-0.05, 0) is 42.7 Å². The van der Waals surface area contributed by atoms with Crippen LogP contribution < -0.4 is 5.32 Å². The Morgan fingerprint density at radius 1 is 1.21 bits per heavy atom. The first-order valence-electron chi connectivity index (χ1n) is 7.20. The van der Waals surface area contributed by atoms with E-state index in [9.17, 15) is 5.26 Å². The summed E-state index contributed by atoms with van der Waals surface area (Å²) in [5.74, 6) is 0.661. The summed E-state index contributed by atoms with van der Waals surface area (Å²) < 4.78 is 0. The molecule has 1 aromatic rings. The minimum Gasteiger partial charge on any atom is -0.367 e. The number of nitrogens with zero attached hydrogens (tertiary/aromatic N) is 1. The first-order chi connectivity index (χ1) is 8.95. The molecule has 2 heteroatoms. The van der Waals surface area contributed by atoms with Crippen molar-refractivity contribution < 1.29 is 0 Å². The predicted molar refractivity (Wildman–Crippen MR) is 77.6 cm³/mol. The van der Waals surface area contributed by atoms with Crippen LogP contribution in [0, 0.1) is 28.1 Å². The van der Waals surface area contributed by atoms with Gasteiger partial charge in [0.2, 0.25) is 0 Å². The van der Waals surface area contributed by atoms with Crippen LogP contribution in [0.2, 0.25) is 0 Å². The van der Waals surface area contributed by atoms with Gasteiger partial charge in [0.25, 0.3) is 0 Å². The van der Waals surface area contributed by atoms with E-state index < -0.39 is 5.54 Å². The monoisotopic (exact) mass is 254 g/mol. The van der Waals surface area contributed by atoms with Crippen molar-refractivity contribution in [3.63, 3.8) is 0 Å². The zero-order chi connectivity index (χ0) is 13.7. The maximum Gasteiger partial charge on any atom is 0.131 e. The Kier molecular flexibility index (Phi) is 2.48. The van der Waals surface area contributed by atoms with Crippen molar-refractivity contribution in [2.75, 3.05) is 5.32 Å². The molecule has 0 heterocycles. The molecule has 2 fully saturated rings. The van der Waals surface area contributed by atoms with Gasteiger partial charge >= 0.3 is 0 Å². The van der Waals surface area contributed by atoms with E-state index in [0.29, 0.717) is 5.92 Å². The van der Waals surface area contributed by atoms with Gasteiger partial charge in [-0.15, -0.1) is 0 Å². The van der Waals surface area contributed by atoms with E-state index in [1.807, 2.05) is 18.2 Å². The average molecular weight is 254 g/mol. The molecule has 2 nitrogen and oxygen atoms in total. The third-order valence-electron chi connectivity index (χ3n) is 6.25. The maximum atomic E-state index is 9.88. The molecule has 19 heavy (non-hydrogen) atoms. The number of benzene rings is 1. The maximum absolute atomic E-state index is 9.88. The lowest BCUT2D eigenvalue weighted by Crippen LogP contribution is -2.51. The Morgan fingerprint density at radius 3 is 2.37 bits per heavy atom. The summed E-state index contributed by atoms with van der Waals surface area (Å²) >= 11 is 0. The SMILES string of the molecule is CC1(C)[C@@H]2CC[C@@]1(C)[C@@](C#N)(Nc1ccccc1)C2. The van der Waals surface area contributed by atoms with Crippen molar-refractivity contribution in [3.05, 3.63) is 30.3 Å². The summed E-state index contributed by atoms with van der Waals surface area (Å²) in [6.07, 6.45) is 3.39. The molecule has 3 atom stereocenters. The topological polar surface area (TPSA) is 35.8 Å². The Bertz CT molecular complexity index is 528. The molecule has 2 bridgehead atoms. The number of nitriles is 1. The summed E-state index contributed by atoms with van der Waals surface area (Å²) in [5, 5.41) is 13.5. The molecule has 1 aromatic carbocycles. The van der Waals surface area contributed by atoms with E-state index in [1.165, 1.54) is 6.42 Å². The zero-order valence-corrected chi connectivity index (χ0v) is 12.0. The van der Waals surface area contributed by atoms with Crippen molar-refractivity contribution in [1.29, 1.82) is 5.26 Å². The standard InChI is InChI=1S/C17H22N2/c1-15(2)13-9-10-16(15,3)17(11-13,12-18)19-14-7-5-4-6-8-14/h4-8,13,19H,9-11H2,1-3H3/t13-,16-,17-/m1/s1. The van der Waals surface area contributed by atoms with Gasteiger partial charge < -0.3 is 5.32 Å². The largest absolute Gasteiger partial charge is 0.367 e. The molecule has 0 saturated heterocycles. The van der Waals surface area contributed by atoms with Crippen LogP contribution >= 0.6 is 0 Å². The minimum absolute atomic E-state index is 0.0509.